The van der Waals surface area contributed by atoms with E-state index in [1.165, 1.54) is 39.8 Å². The van der Waals surface area contributed by atoms with Crippen LogP contribution in [0.2, 0.25) is 0 Å². The SMILES string of the molecule is CC1CCc2c(sc3nc(-c4ccc(C(C)(C)C)cc4)cc(-c4ccco4)c23)C1.[Cl-]. The summed E-state index contributed by atoms with van der Waals surface area (Å²) in [7, 11) is 0. The number of hydrogen-bond acceptors (Lipinski definition) is 3. The van der Waals surface area contributed by atoms with Gasteiger partial charge in [-0.25, -0.2) is 4.98 Å². The second-order valence-corrected chi connectivity index (χ2v) is 10.5. The molecular weight excluding hydrogens is 410 g/mol. The Bertz CT molecular complexity index is 1170. The Labute approximate surface area is 188 Å². The number of thiophene rings is 1. The first-order chi connectivity index (χ1) is 13.9. The third kappa shape index (κ3) is 3.70. The molecule has 0 amide bonds. The lowest BCUT2D eigenvalue weighted by molar-refractivity contribution is -0.00000670. The highest BCUT2D eigenvalue weighted by atomic mass is 35.5. The van der Waals surface area contributed by atoms with Crippen LogP contribution in [0.1, 0.15) is 50.1 Å². The molecule has 4 aromatic rings. The predicted molar refractivity (Wildman–Crippen MR) is 123 cm³/mol. The molecule has 1 atom stereocenters. The summed E-state index contributed by atoms with van der Waals surface area (Å²) in [6, 6.07) is 15.1. The number of nitrogens with zero attached hydrogens (tertiary/aromatic N) is 1. The molecule has 30 heavy (non-hydrogen) atoms. The lowest BCUT2D eigenvalue weighted by atomic mass is 9.86. The van der Waals surface area contributed by atoms with Crippen LogP contribution in [-0.2, 0) is 18.3 Å². The van der Waals surface area contributed by atoms with Crippen LogP contribution < -0.4 is 12.4 Å². The first-order valence-corrected chi connectivity index (χ1v) is 11.3. The van der Waals surface area contributed by atoms with Crippen molar-refractivity contribution in [3.8, 4) is 22.6 Å². The van der Waals surface area contributed by atoms with E-state index in [1.807, 2.05) is 17.4 Å². The van der Waals surface area contributed by atoms with Crippen LogP contribution in [0.25, 0.3) is 32.8 Å². The molecule has 5 rings (SSSR count). The lowest BCUT2D eigenvalue weighted by Gasteiger charge is -2.19. The van der Waals surface area contributed by atoms with Gasteiger partial charge in [-0.15, -0.1) is 11.3 Å². The molecule has 2 nitrogen and oxygen atoms in total. The summed E-state index contributed by atoms with van der Waals surface area (Å²) in [5.41, 5.74) is 6.36. The van der Waals surface area contributed by atoms with E-state index in [4.69, 9.17) is 9.40 Å². The van der Waals surface area contributed by atoms with E-state index in [2.05, 4.69) is 64.1 Å². The number of benzene rings is 1. The van der Waals surface area contributed by atoms with Crippen molar-refractivity contribution in [2.75, 3.05) is 0 Å². The van der Waals surface area contributed by atoms with Gasteiger partial charge in [-0.2, -0.15) is 0 Å². The quantitative estimate of drug-likeness (QED) is 0.457. The van der Waals surface area contributed by atoms with Crippen molar-refractivity contribution in [1.29, 1.82) is 0 Å². The number of fused-ring (bicyclic) bond motifs is 3. The van der Waals surface area contributed by atoms with Crippen molar-refractivity contribution in [2.24, 2.45) is 5.92 Å². The Balaban J connectivity index is 0.00000218. The van der Waals surface area contributed by atoms with Crippen molar-refractivity contribution in [2.45, 2.75) is 52.4 Å². The predicted octanol–water partition coefficient (Wildman–Crippen LogP) is 4.65. The zero-order chi connectivity index (χ0) is 20.2. The first kappa shape index (κ1) is 21.1. The van der Waals surface area contributed by atoms with E-state index in [1.54, 1.807) is 6.26 Å². The molecule has 0 aliphatic heterocycles. The molecule has 4 heteroatoms. The van der Waals surface area contributed by atoms with Crippen LogP contribution in [0.4, 0.5) is 0 Å². The van der Waals surface area contributed by atoms with Crippen molar-refractivity contribution >= 4 is 21.6 Å². The van der Waals surface area contributed by atoms with Gasteiger partial charge in [0.2, 0.25) is 0 Å². The molecule has 0 radical (unpaired) electrons. The van der Waals surface area contributed by atoms with Gasteiger partial charge in [0, 0.05) is 21.4 Å². The van der Waals surface area contributed by atoms with Gasteiger partial charge in [-0.3, -0.25) is 0 Å². The zero-order valence-corrected chi connectivity index (χ0v) is 19.5. The monoisotopic (exact) mass is 436 g/mol. The van der Waals surface area contributed by atoms with E-state index in [-0.39, 0.29) is 17.8 Å². The van der Waals surface area contributed by atoms with Crippen LogP contribution in [-0.4, -0.2) is 4.98 Å². The Hall–Kier alpha value is -2.10. The average Bonchev–Trinajstić information content (AvgIpc) is 3.34. The van der Waals surface area contributed by atoms with Crippen LogP contribution in [0.3, 0.4) is 0 Å². The maximum absolute atomic E-state index is 5.84. The van der Waals surface area contributed by atoms with Crippen LogP contribution in [0.5, 0.6) is 0 Å². The van der Waals surface area contributed by atoms with Crippen LogP contribution in [0.15, 0.2) is 53.1 Å². The Morgan fingerprint density at radius 2 is 1.87 bits per heavy atom. The minimum absolute atomic E-state index is 0. The Morgan fingerprint density at radius 3 is 2.53 bits per heavy atom. The fourth-order valence-corrected chi connectivity index (χ4v) is 5.77. The first-order valence-electron chi connectivity index (χ1n) is 10.5. The molecule has 0 spiro atoms. The van der Waals surface area contributed by atoms with Crippen molar-refractivity contribution in [3.05, 3.63) is 64.7 Å². The molecule has 1 aliphatic rings. The Kier molecular flexibility index (Phi) is 5.54. The van der Waals surface area contributed by atoms with E-state index >= 15 is 0 Å². The van der Waals surface area contributed by atoms with Crippen LogP contribution in [0, 0.1) is 5.92 Å². The third-order valence-corrected chi connectivity index (χ3v) is 7.25. The summed E-state index contributed by atoms with van der Waals surface area (Å²) in [6.07, 6.45) is 5.34. The number of aryl methyl sites for hydroxylation is 1. The molecule has 1 aromatic carbocycles. The highest BCUT2D eigenvalue weighted by Crippen LogP contribution is 2.43. The summed E-state index contributed by atoms with van der Waals surface area (Å²) in [6.45, 7) is 9.10. The number of halogens is 1. The maximum atomic E-state index is 5.84. The van der Waals surface area contributed by atoms with Gasteiger partial charge in [0.05, 0.1) is 12.0 Å². The Morgan fingerprint density at radius 1 is 1.10 bits per heavy atom. The van der Waals surface area contributed by atoms with Gasteiger partial charge in [0.25, 0.3) is 0 Å². The molecule has 1 aliphatic carbocycles. The zero-order valence-electron chi connectivity index (χ0n) is 18.0. The van der Waals surface area contributed by atoms with E-state index in [9.17, 15) is 0 Å². The molecular formula is C26H27ClNOS-. The standard InChI is InChI=1S/C26H27NOS.ClH/c1-16-7-12-19-23(14-16)29-25-24(19)20(22-6-5-13-28-22)15-21(27-25)17-8-10-18(11-9-17)26(2,3)4;/h5-6,8-11,13,15-16H,7,12,14H2,1-4H3;1H/p-1. The summed E-state index contributed by atoms with van der Waals surface area (Å²) < 4.78 is 5.84. The number of pyridine rings is 1. The van der Waals surface area contributed by atoms with Gasteiger partial charge in [0.1, 0.15) is 10.6 Å². The van der Waals surface area contributed by atoms with Crippen molar-refractivity contribution in [3.63, 3.8) is 0 Å². The molecule has 0 saturated carbocycles. The molecule has 1 unspecified atom stereocenters. The van der Waals surface area contributed by atoms with Gasteiger partial charge in [0.15, 0.2) is 0 Å². The maximum Gasteiger partial charge on any atom is 0.134 e. The van der Waals surface area contributed by atoms with Crippen LogP contribution >= 0.6 is 11.3 Å². The summed E-state index contributed by atoms with van der Waals surface area (Å²) >= 11 is 1.88. The fourth-order valence-electron chi connectivity index (χ4n) is 4.36. The van der Waals surface area contributed by atoms with E-state index < -0.39 is 0 Å². The van der Waals surface area contributed by atoms with Gasteiger partial charge < -0.3 is 16.8 Å². The van der Waals surface area contributed by atoms with Crippen molar-refractivity contribution in [1.82, 2.24) is 4.98 Å². The smallest absolute Gasteiger partial charge is 0.134 e. The topological polar surface area (TPSA) is 26.0 Å². The summed E-state index contributed by atoms with van der Waals surface area (Å²) in [4.78, 5) is 7.77. The number of aromatic nitrogens is 1. The number of rotatable bonds is 2. The van der Waals surface area contributed by atoms with E-state index in [0.29, 0.717) is 0 Å². The highest BCUT2D eigenvalue weighted by Gasteiger charge is 2.24. The second kappa shape index (κ2) is 7.86. The molecule has 0 saturated heterocycles. The molecule has 3 aromatic heterocycles. The summed E-state index contributed by atoms with van der Waals surface area (Å²) in [5.74, 6) is 1.69. The molecule has 0 N–H and O–H groups in total. The number of hydrogen-bond donors (Lipinski definition) is 0. The summed E-state index contributed by atoms with van der Waals surface area (Å²) in [5, 5.41) is 1.31. The number of furan rings is 1. The molecule has 0 fully saturated rings. The minimum atomic E-state index is 0. The second-order valence-electron chi connectivity index (χ2n) is 9.39. The largest absolute Gasteiger partial charge is 1.00 e. The van der Waals surface area contributed by atoms with Gasteiger partial charge in [-0.1, -0.05) is 52.0 Å². The third-order valence-electron chi connectivity index (χ3n) is 6.10. The lowest BCUT2D eigenvalue weighted by Crippen LogP contribution is -3.00. The molecule has 0 bridgehead atoms. The minimum Gasteiger partial charge on any atom is -1.00 e. The van der Waals surface area contributed by atoms with Gasteiger partial charge >= 0.3 is 0 Å². The molecule has 3 heterocycles. The molecule has 156 valence electrons. The fraction of sp³-hybridized carbons (Fsp3) is 0.346. The average molecular weight is 437 g/mol. The normalized spacial score (nSPS) is 16.3. The van der Waals surface area contributed by atoms with E-state index in [0.717, 1.165) is 34.2 Å². The highest BCUT2D eigenvalue weighted by molar-refractivity contribution is 7.19. The van der Waals surface area contributed by atoms with Gasteiger partial charge in [-0.05, 0) is 59.9 Å². The van der Waals surface area contributed by atoms with Crippen molar-refractivity contribution < 1.29 is 16.8 Å².